The van der Waals surface area contributed by atoms with Crippen molar-refractivity contribution in [2.24, 2.45) is 11.8 Å². The van der Waals surface area contributed by atoms with Gasteiger partial charge in [-0.3, -0.25) is 4.79 Å². The van der Waals surface area contributed by atoms with Crippen LogP contribution >= 0.6 is 0 Å². The molecule has 1 aliphatic carbocycles. The van der Waals surface area contributed by atoms with Crippen molar-refractivity contribution in [3.63, 3.8) is 0 Å². The van der Waals surface area contributed by atoms with E-state index in [0.29, 0.717) is 5.92 Å². The van der Waals surface area contributed by atoms with Crippen molar-refractivity contribution in [1.29, 1.82) is 0 Å². The summed E-state index contributed by atoms with van der Waals surface area (Å²) in [6.07, 6.45) is 1.80. The second-order valence-corrected chi connectivity index (χ2v) is 2.64. The van der Waals surface area contributed by atoms with E-state index in [1.807, 2.05) is 13.8 Å². The molecule has 1 atom stereocenters. The summed E-state index contributed by atoms with van der Waals surface area (Å²) in [6, 6.07) is 0. The number of hydrogen-bond donors (Lipinski definition) is 1. The number of carboxylic acid groups (broad SMARTS) is 1. The molecular weight excluding hydrogens is 116 g/mol. The Morgan fingerprint density at radius 1 is 1.78 bits per heavy atom. The predicted octanol–water partition coefficient (Wildman–Crippen LogP) is 1.28. The molecule has 0 aromatic rings. The molecule has 50 valence electrons. The van der Waals surface area contributed by atoms with Crippen molar-refractivity contribution in [3.8, 4) is 0 Å². The highest BCUT2D eigenvalue weighted by Crippen LogP contribution is 2.34. The Bertz CT molecular complexity index is 168. The third-order valence-corrected chi connectivity index (χ3v) is 1.54. The molecule has 0 heterocycles. The highest BCUT2D eigenvalue weighted by atomic mass is 16.4. The van der Waals surface area contributed by atoms with Crippen molar-refractivity contribution in [2.45, 2.75) is 13.8 Å². The smallest absolute Gasteiger partial charge is 0.314 e. The molecule has 0 radical (unpaired) electrons. The molecule has 1 unspecified atom stereocenters. The van der Waals surface area contributed by atoms with Gasteiger partial charge in [-0.15, -0.1) is 0 Å². The lowest BCUT2D eigenvalue weighted by atomic mass is 10.1. The number of rotatable bonds is 2. The van der Waals surface area contributed by atoms with E-state index in [1.54, 1.807) is 6.08 Å². The van der Waals surface area contributed by atoms with Gasteiger partial charge in [-0.25, -0.2) is 0 Å². The molecule has 2 heteroatoms. The van der Waals surface area contributed by atoms with Crippen LogP contribution in [-0.4, -0.2) is 11.1 Å². The Kier molecular flexibility index (Phi) is 1.31. The van der Waals surface area contributed by atoms with Crippen molar-refractivity contribution in [2.75, 3.05) is 0 Å². The van der Waals surface area contributed by atoms with Crippen LogP contribution in [0.15, 0.2) is 11.6 Å². The van der Waals surface area contributed by atoms with Crippen LogP contribution in [0.2, 0.25) is 0 Å². The van der Waals surface area contributed by atoms with Gasteiger partial charge < -0.3 is 5.11 Å². The van der Waals surface area contributed by atoms with Crippen LogP contribution in [0.5, 0.6) is 0 Å². The monoisotopic (exact) mass is 126 g/mol. The molecule has 0 spiro atoms. The van der Waals surface area contributed by atoms with Gasteiger partial charge in [0.25, 0.3) is 0 Å². The molecule has 0 aromatic heterocycles. The molecule has 1 N–H and O–H groups in total. The van der Waals surface area contributed by atoms with E-state index in [9.17, 15) is 4.79 Å². The lowest BCUT2D eigenvalue weighted by Gasteiger charge is -1.96. The summed E-state index contributed by atoms with van der Waals surface area (Å²) in [6.45, 7) is 4.02. The highest BCUT2D eigenvalue weighted by molar-refractivity contribution is 5.81. The average molecular weight is 126 g/mol. The van der Waals surface area contributed by atoms with Gasteiger partial charge in [-0.1, -0.05) is 25.5 Å². The van der Waals surface area contributed by atoms with E-state index < -0.39 is 5.97 Å². The summed E-state index contributed by atoms with van der Waals surface area (Å²) in [5, 5.41) is 8.42. The lowest BCUT2D eigenvalue weighted by molar-refractivity contribution is -0.137. The van der Waals surface area contributed by atoms with E-state index in [0.717, 1.165) is 5.57 Å². The van der Waals surface area contributed by atoms with Gasteiger partial charge in [0.2, 0.25) is 0 Å². The summed E-state index contributed by atoms with van der Waals surface area (Å²) < 4.78 is 0. The van der Waals surface area contributed by atoms with Gasteiger partial charge in [-0.05, 0) is 5.92 Å². The molecule has 0 saturated carbocycles. The third kappa shape index (κ3) is 1.12. The number of aliphatic carboxylic acids is 1. The Hall–Kier alpha value is -0.790. The van der Waals surface area contributed by atoms with Crippen molar-refractivity contribution < 1.29 is 9.90 Å². The Morgan fingerprint density at radius 2 is 2.33 bits per heavy atom. The highest BCUT2D eigenvalue weighted by Gasteiger charge is 2.33. The minimum absolute atomic E-state index is 0.231. The molecule has 9 heavy (non-hydrogen) atoms. The zero-order chi connectivity index (χ0) is 7.02. The second-order valence-electron chi connectivity index (χ2n) is 2.64. The molecule has 0 bridgehead atoms. The molecule has 0 amide bonds. The summed E-state index contributed by atoms with van der Waals surface area (Å²) in [4.78, 5) is 10.2. The zero-order valence-electron chi connectivity index (χ0n) is 5.59. The van der Waals surface area contributed by atoms with Crippen LogP contribution in [0.4, 0.5) is 0 Å². The minimum atomic E-state index is -0.710. The first kappa shape index (κ1) is 6.33. The van der Waals surface area contributed by atoms with E-state index >= 15 is 0 Å². The standard InChI is InChI=1S/C7H10O2/c1-4(2)5-3-6(5)7(8)9/h3-4,6H,1-2H3,(H,8,9). The maximum Gasteiger partial charge on any atom is 0.314 e. The zero-order valence-corrected chi connectivity index (χ0v) is 5.59. The number of carbonyl (C=O) groups is 1. The Balaban J connectivity index is 2.39. The van der Waals surface area contributed by atoms with Gasteiger partial charge in [-0.2, -0.15) is 0 Å². The summed E-state index contributed by atoms with van der Waals surface area (Å²) in [5.74, 6) is -0.533. The first-order valence-electron chi connectivity index (χ1n) is 3.07. The van der Waals surface area contributed by atoms with Crippen LogP contribution in [0.1, 0.15) is 13.8 Å². The predicted molar refractivity (Wildman–Crippen MR) is 34.0 cm³/mol. The molecule has 1 rings (SSSR count). The molecular formula is C7H10O2. The number of carboxylic acids is 1. The van der Waals surface area contributed by atoms with E-state index in [2.05, 4.69) is 0 Å². The summed E-state index contributed by atoms with van der Waals surface area (Å²) in [7, 11) is 0. The maximum atomic E-state index is 10.2. The molecule has 0 saturated heterocycles. The fourth-order valence-corrected chi connectivity index (χ4v) is 0.910. The molecule has 2 nitrogen and oxygen atoms in total. The second kappa shape index (κ2) is 1.87. The van der Waals surface area contributed by atoms with Gasteiger partial charge in [0.15, 0.2) is 0 Å². The van der Waals surface area contributed by atoms with Crippen LogP contribution < -0.4 is 0 Å². The minimum Gasteiger partial charge on any atom is -0.481 e. The topological polar surface area (TPSA) is 37.3 Å². The van der Waals surface area contributed by atoms with Crippen molar-refractivity contribution in [1.82, 2.24) is 0 Å². The Labute approximate surface area is 54.2 Å². The fraction of sp³-hybridized carbons (Fsp3) is 0.571. The van der Waals surface area contributed by atoms with E-state index in [4.69, 9.17) is 5.11 Å². The van der Waals surface area contributed by atoms with Gasteiger partial charge in [0, 0.05) is 0 Å². The summed E-state index contributed by atoms with van der Waals surface area (Å²) in [5.41, 5.74) is 1.07. The summed E-state index contributed by atoms with van der Waals surface area (Å²) >= 11 is 0. The van der Waals surface area contributed by atoms with E-state index in [1.165, 1.54) is 0 Å². The van der Waals surface area contributed by atoms with Crippen LogP contribution in [0.3, 0.4) is 0 Å². The van der Waals surface area contributed by atoms with Crippen LogP contribution in [0, 0.1) is 11.8 Å². The van der Waals surface area contributed by atoms with Gasteiger partial charge in [0.1, 0.15) is 0 Å². The van der Waals surface area contributed by atoms with Gasteiger partial charge >= 0.3 is 5.97 Å². The molecule has 0 aliphatic heterocycles. The normalized spacial score (nSPS) is 23.9. The number of hydrogen-bond acceptors (Lipinski definition) is 1. The Morgan fingerprint density at radius 3 is 2.44 bits per heavy atom. The van der Waals surface area contributed by atoms with Crippen molar-refractivity contribution >= 4 is 5.97 Å². The fourth-order valence-electron chi connectivity index (χ4n) is 0.910. The van der Waals surface area contributed by atoms with Gasteiger partial charge in [0.05, 0.1) is 5.92 Å². The molecule has 1 aliphatic rings. The SMILES string of the molecule is CC(C)C1=CC1C(=O)O. The average Bonchev–Trinajstić information content (AvgIpc) is 2.39. The molecule has 0 fully saturated rings. The van der Waals surface area contributed by atoms with Crippen LogP contribution in [0.25, 0.3) is 0 Å². The van der Waals surface area contributed by atoms with E-state index in [-0.39, 0.29) is 5.92 Å². The first-order valence-corrected chi connectivity index (χ1v) is 3.07. The third-order valence-electron chi connectivity index (χ3n) is 1.54. The largest absolute Gasteiger partial charge is 0.481 e. The van der Waals surface area contributed by atoms with Crippen molar-refractivity contribution in [3.05, 3.63) is 11.6 Å². The maximum absolute atomic E-state index is 10.2. The molecule has 0 aromatic carbocycles. The quantitative estimate of drug-likeness (QED) is 0.566. The van der Waals surface area contributed by atoms with Crippen LogP contribution in [-0.2, 0) is 4.79 Å². The first-order chi connectivity index (χ1) is 4.13. The lowest BCUT2D eigenvalue weighted by Crippen LogP contribution is -2.02.